The molecule has 0 bridgehead atoms. The number of nitrogens with zero attached hydrogens (tertiary/aromatic N) is 2. The monoisotopic (exact) mass is 318 g/mol. The SMILES string of the molecule is Cc1nn(C2CCCCO2)cc1/C=C(/F)COS(C)(=O)=O. The molecule has 21 heavy (non-hydrogen) atoms. The molecule has 2 heterocycles. The molecule has 6 nitrogen and oxygen atoms in total. The molecule has 1 aliphatic rings. The fourth-order valence-electron chi connectivity index (χ4n) is 2.09. The highest BCUT2D eigenvalue weighted by atomic mass is 32.2. The van der Waals surface area contributed by atoms with Crippen molar-refractivity contribution in [3.8, 4) is 0 Å². The summed E-state index contributed by atoms with van der Waals surface area (Å²) >= 11 is 0. The lowest BCUT2D eigenvalue weighted by Crippen LogP contribution is -2.18. The number of hydrogen-bond donors (Lipinski definition) is 0. The Kier molecular flexibility index (Phi) is 5.13. The predicted octanol–water partition coefficient (Wildman–Crippen LogP) is 2.18. The molecule has 1 unspecified atom stereocenters. The van der Waals surface area contributed by atoms with Gasteiger partial charge in [0, 0.05) is 18.4 Å². The molecule has 0 radical (unpaired) electrons. The Morgan fingerprint density at radius 2 is 2.38 bits per heavy atom. The Balaban J connectivity index is 2.07. The molecule has 0 spiro atoms. The number of ether oxygens (including phenoxy) is 1. The highest BCUT2D eigenvalue weighted by Crippen LogP contribution is 2.23. The lowest BCUT2D eigenvalue weighted by Gasteiger charge is -2.22. The summed E-state index contributed by atoms with van der Waals surface area (Å²) in [5.74, 6) is -0.673. The zero-order valence-corrected chi connectivity index (χ0v) is 12.9. The highest BCUT2D eigenvalue weighted by molar-refractivity contribution is 7.85. The van der Waals surface area contributed by atoms with Crippen LogP contribution in [0.5, 0.6) is 0 Å². The van der Waals surface area contributed by atoms with Gasteiger partial charge in [-0.3, -0.25) is 4.18 Å². The first-order valence-corrected chi connectivity index (χ1v) is 8.54. The topological polar surface area (TPSA) is 70.4 Å². The van der Waals surface area contributed by atoms with E-state index in [-0.39, 0.29) is 6.23 Å². The quantitative estimate of drug-likeness (QED) is 0.778. The van der Waals surface area contributed by atoms with Gasteiger partial charge in [-0.1, -0.05) is 0 Å². The Morgan fingerprint density at radius 1 is 1.62 bits per heavy atom. The van der Waals surface area contributed by atoms with Crippen LogP contribution in [0.3, 0.4) is 0 Å². The van der Waals surface area contributed by atoms with E-state index in [9.17, 15) is 12.8 Å². The molecule has 2 rings (SSSR count). The number of halogens is 1. The fraction of sp³-hybridized carbons (Fsp3) is 0.615. The fourth-order valence-corrected chi connectivity index (χ4v) is 2.42. The smallest absolute Gasteiger partial charge is 0.264 e. The first kappa shape index (κ1) is 16.1. The molecule has 8 heteroatoms. The molecule has 0 amide bonds. The largest absolute Gasteiger partial charge is 0.357 e. The standard InChI is InChI=1S/C13H19FN2O4S/c1-10-11(7-12(14)9-20-21(2,17)18)8-16(15-10)13-5-3-4-6-19-13/h7-8,13H,3-6,9H2,1-2H3/b12-7+. The van der Waals surface area contributed by atoms with Gasteiger partial charge in [0.2, 0.25) is 0 Å². The van der Waals surface area contributed by atoms with Gasteiger partial charge in [0.1, 0.15) is 18.7 Å². The van der Waals surface area contributed by atoms with Crippen LogP contribution in [0.25, 0.3) is 6.08 Å². The minimum Gasteiger partial charge on any atom is -0.357 e. The number of aromatic nitrogens is 2. The minimum absolute atomic E-state index is 0.116. The van der Waals surface area contributed by atoms with Gasteiger partial charge in [-0.25, -0.2) is 9.07 Å². The maximum absolute atomic E-state index is 13.7. The molecule has 0 aliphatic carbocycles. The lowest BCUT2D eigenvalue weighted by atomic mass is 10.2. The van der Waals surface area contributed by atoms with Crippen LogP contribution < -0.4 is 0 Å². The lowest BCUT2D eigenvalue weighted by molar-refractivity contribution is -0.0396. The van der Waals surface area contributed by atoms with Crippen molar-refractivity contribution in [2.75, 3.05) is 19.5 Å². The Hall–Kier alpha value is -1.25. The van der Waals surface area contributed by atoms with Crippen LogP contribution >= 0.6 is 0 Å². The number of aryl methyl sites for hydroxylation is 1. The van der Waals surface area contributed by atoms with E-state index in [1.54, 1.807) is 17.8 Å². The summed E-state index contributed by atoms with van der Waals surface area (Å²) in [6.45, 7) is 1.85. The summed E-state index contributed by atoms with van der Waals surface area (Å²) in [5, 5.41) is 4.32. The van der Waals surface area contributed by atoms with Crippen molar-refractivity contribution >= 4 is 16.2 Å². The van der Waals surface area contributed by atoms with E-state index in [1.165, 1.54) is 6.08 Å². The molecule has 1 saturated heterocycles. The van der Waals surface area contributed by atoms with E-state index in [0.29, 0.717) is 17.9 Å². The average Bonchev–Trinajstić information content (AvgIpc) is 2.78. The van der Waals surface area contributed by atoms with Crippen LogP contribution in [0.15, 0.2) is 12.0 Å². The van der Waals surface area contributed by atoms with Crippen LogP contribution in [0.1, 0.15) is 36.7 Å². The van der Waals surface area contributed by atoms with Crippen molar-refractivity contribution in [1.82, 2.24) is 9.78 Å². The van der Waals surface area contributed by atoms with Crippen molar-refractivity contribution in [3.63, 3.8) is 0 Å². The molecule has 1 fully saturated rings. The zero-order chi connectivity index (χ0) is 15.5. The molecule has 1 aromatic heterocycles. The van der Waals surface area contributed by atoms with E-state index in [4.69, 9.17) is 4.74 Å². The van der Waals surface area contributed by atoms with Gasteiger partial charge in [0.25, 0.3) is 10.1 Å². The Labute approximate surface area is 123 Å². The van der Waals surface area contributed by atoms with Gasteiger partial charge >= 0.3 is 0 Å². The highest BCUT2D eigenvalue weighted by Gasteiger charge is 2.17. The molecule has 1 aliphatic heterocycles. The Bertz CT molecular complexity index is 618. The maximum Gasteiger partial charge on any atom is 0.264 e. The summed E-state index contributed by atoms with van der Waals surface area (Å²) in [5.41, 5.74) is 1.23. The third-order valence-electron chi connectivity index (χ3n) is 3.13. The molecular formula is C13H19FN2O4S. The maximum atomic E-state index is 13.7. The third-order valence-corrected chi connectivity index (χ3v) is 3.67. The van der Waals surface area contributed by atoms with E-state index in [2.05, 4.69) is 9.28 Å². The molecule has 1 atom stereocenters. The van der Waals surface area contributed by atoms with E-state index in [0.717, 1.165) is 25.5 Å². The van der Waals surface area contributed by atoms with E-state index >= 15 is 0 Å². The predicted molar refractivity (Wildman–Crippen MR) is 75.7 cm³/mol. The number of rotatable bonds is 5. The summed E-state index contributed by atoms with van der Waals surface area (Å²) in [7, 11) is -3.66. The summed E-state index contributed by atoms with van der Waals surface area (Å²) in [4.78, 5) is 0. The van der Waals surface area contributed by atoms with Crippen LogP contribution in [-0.2, 0) is 19.0 Å². The second-order valence-corrected chi connectivity index (χ2v) is 6.67. The van der Waals surface area contributed by atoms with Gasteiger partial charge < -0.3 is 4.74 Å². The first-order valence-electron chi connectivity index (χ1n) is 6.73. The minimum atomic E-state index is -3.66. The third kappa shape index (κ3) is 4.90. The van der Waals surface area contributed by atoms with Crippen LogP contribution in [0, 0.1) is 6.92 Å². The molecule has 1 aromatic rings. The molecule has 0 aromatic carbocycles. The molecule has 0 N–H and O–H groups in total. The van der Waals surface area contributed by atoms with Crippen molar-refractivity contribution in [1.29, 1.82) is 0 Å². The summed E-state index contributed by atoms with van der Waals surface area (Å²) in [6.07, 6.45) is 6.69. The second-order valence-electron chi connectivity index (χ2n) is 5.03. The first-order chi connectivity index (χ1) is 9.85. The summed E-state index contributed by atoms with van der Waals surface area (Å²) < 4.78 is 47.0. The van der Waals surface area contributed by atoms with Gasteiger partial charge in [-0.2, -0.15) is 13.5 Å². The van der Waals surface area contributed by atoms with Gasteiger partial charge in [0.05, 0.1) is 11.9 Å². The zero-order valence-electron chi connectivity index (χ0n) is 12.1. The second kappa shape index (κ2) is 6.67. The van der Waals surface area contributed by atoms with Gasteiger partial charge in [0.15, 0.2) is 0 Å². The average molecular weight is 318 g/mol. The molecule has 0 saturated carbocycles. The van der Waals surface area contributed by atoms with E-state index in [1.807, 2.05) is 0 Å². The van der Waals surface area contributed by atoms with Gasteiger partial charge in [-0.05, 0) is 32.3 Å². The Morgan fingerprint density at radius 3 is 3.00 bits per heavy atom. The van der Waals surface area contributed by atoms with Crippen molar-refractivity contribution in [2.45, 2.75) is 32.4 Å². The van der Waals surface area contributed by atoms with Crippen LogP contribution in [0.4, 0.5) is 4.39 Å². The van der Waals surface area contributed by atoms with Gasteiger partial charge in [-0.15, -0.1) is 0 Å². The van der Waals surface area contributed by atoms with Crippen LogP contribution in [-0.4, -0.2) is 37.7 Å². The van der Waals surface area contributed by atoms with Crippen molar-refractivity contribution in [2.24, 2.45) is 0 Å². The normalized spacial score (nSPS) is 20.7. The van der Waals surface area contributed by atoms with Crippen molar-refractivity contribution in [3.05, 3.63) is 23.3 Å². The summed E-state index contributed by atoms with van der Waals surface area (Å²) in [6, 6.07) is 0. The van der Waals surface area contributed by atoms with Crippen molar-refractivity contribution < 1.29 is 21.7 Å². The van der Waals surface area contributed by atoms with E-state index < -0.39 is 22.6 Å². The molecule has 118 valence electrons. The molecular weight excluding hydrogens is 299 g/mol. The number of hydrogen-bond acceptors (Lipinski definition) is 5. The van der Waals surface area contributed by atoms with Crippen LogP contribution in [0.2, 0.25) is 0 Å².